The van der Waals surface area contributed by atoms with Crippen LogP contribution >= 0.6 is 0 Å². The number of nitrogens with zero attached hydrogens (tertiary/aromatic N) is 2. The van der Waals surface area contributed by atoms with Gasteiger partial charge in [-0.05, 0) is 56.2 Å². The van der Waals surface area contributed by atoms with Crippen LogP contribution in [-0.2, 0) is 15.7 Å². The number of carbonyl (C=O) groups is 3. The molecule has 0 saturated carbocycles. The molecule has 0 radical (unpaired) electrons. The molecule has 10 nitrogen and oxygen atoms in total. The molecular weight excluding hydrogens is 569 g/mol. The Balaban J connectivity index is 1.58. The molecule has 0 unspecified atom stereocenters. The van der Waals surface area contributed by atoms with Crippen LogP contribution < -0.4 is 15.4 Å². The van der Waals surface area contributed by atoms with Crippen molar-refractivity contribution in [1.82, 2.24) is 9.80 Å². The molecule has 4 rings (SSSR count). The molecule has 3 N–H and O–H groups in total. The predicted molar refractivity (Wildman–Crippen MR) is 153 cm³/mol. The van der Waals surface area contributed by atoms with Crippen LogP contribution in [0.4, 0.5) is 29.3 Å². The number of amides is 4. The average molecular weight is 607 g/mol. The largest absolute Gasteiger partial charge is 0.485 e. The molecule has 2 aromatic carbocycles. The number of aliphatic hydroxyl groups excluding tert-OH is 1. The van der Waals surface area contributed by atoms with Gasteiger partial charge in [0, 0.05) is 44.3 Å². The number of aliphatic hydroxyl groups is 1. The molecule has 1 saturated heterocycles. The Kier molecular flexibility index (Phi) is 10.2. The summed E-state index contributed by atoms with van der Waals surface area (Å²) in [7, 11) is 1.52. The molecular formula is C30H37F3N4O6. The first-order chi connectivity index (χ1) is 20.4. The zero-order valence-electron chi connectivity index (χ0n) is 24.3. The number of benzene rings is 2. The van der Waals surface area contributed by atoms with Gasteiger partial charge in [0.25, 0.3) is 5.91 Å². The van der Waals surface area contributed by atoms with E-state index in [-0.39, 0.29) is 60.3 Å². The Morgan fingerprint density at radius 2 is 1.79 bits per heavy atom. The Hall–Kier alpha value is -3.84. The number of likely N-dealkylation sites (N-methyl/N-ethyl adjacent to an activating group) is 1. The Labute approximate surface area is 248 Å². The molecule has 4 amide bonds. The lowest BCUT2D eigenvalue weighted by Crippen LogP contribution is -2.50. The van der Waals surface area contributed by atoms with Crippen LogP contribution in [0.15, 0.2) is 42.5 Å². The zero-order valence-corrected chi connectivity index (χ0v) is 24.3. The van der Waals surface area contributed by atoms with E-state index in [9.17, 15) is 32.7 Å². The number of halogens is 3. The van der Waals surface area contributed by atoms with E-state index in [0.29, 0.717) is 31.7 Å². The summed E-state index contributed by atoms with van der Waals surface area (Å²) in [4.78, 5) is 42.6. The zero-order chi connectivity index (χ0) is 31.3. The number of anilines is 2. The molecule has 234 valence electrons. The van der Waals surface area contributed by atoms with Crippen molar-refractivity contribution in [3.8, 4) is 5.75 Å². The van der Waals surface area contributed by atoms with E-state index in [1.165, 1.54) is 24.1 Å². The van der Waals surface area contributed by atoms with Crippen molar-refractivity contribution in [2.45, 2.75) is 45.0 Å². The summed E-state index contributed by atoms with van der Waals surface area (Å²) >= 11 is 0. The van der Waals surface area contributed by atoms with Crippen LogP contribution in [0.3, 0.4) is 0 Å². The third-order valence-corrected chi connectivity index (χ3v) is 7.81. The minimum atomic E-state index is -4.49. The second-order valence-electron chi connectivity index (χ2n) is 11.1. The first-order valence-corrected chi connectivity index (χ1v) is 14.2. The van der Waals surface area contributed by atoms with Crippen molar-refractivity contribution in [1.29, 1.82) is 0 Å². The first-order valence-electron chi connectivity index (χ1n) is 14.2. The molecule has 0 bridgehead atoms. The molecule has 0 aliphatic carbocycles. The van der Waals surface area contributed by atoms with Crippen LogP contribution in [0.25, 0.3) is 0 Å². The molecule has 0 spiro atoms. The molecule has 0 aromatic heterocycles. The second-order valence-corrected chi connectivity index (χ2v) is 11.1. The Bertz CT molecular complexity index is 1300. The van der Waals surface area contributed by atoms with E-state index >= 15 is 0 Å². The fraction of sp³-hybridized carbons (Fsp3) is 0.500. The summed E-state index contributed by atoms with van der Waals surface area (Å²) in [6.07, 6.45) is -4.01. The third-order valence-electron chi connectivity index (χ3n) is 7.81. The summed E-state index contributed by atoms with van der Waals surface area (Å²) in [6, 6.07) is 7.91. The summed E-state index contributed by atoms with van der Waals surface area (Å²) in [5, 5.41) is 15.4. The minimum absolute atomic E-state index is 0.0465. The highest BCUT2D eigenvalue weighted by Gasteiger charge is 2.36. The quantitative estimate of drug-likeness (QED) is 0.428. The highest BCUT2D eigenvalue weighted by atomic mass is 19.4. The fourth-order valence-electron chi connectivity index (χ4n) is 5.07. The lowest BCUT2D eigenvalue weighted by Gasteiger charge is -2.38. The van der Waals surface area contributed by atoms with Gasteiger partial charge in [0.2, 0.25) is 5.91 Å². The van der Waals surface area contributed by atoms with Gasteiger partial charge in [0.1, 0.15) is 6.10 Å². The molecule has 2 heterocycles. The first kappa shape index (κ1) is 32.1. The summed E-state index contributed by atoms with van der Waals surface area (Å²) in [6.45, 7) is 4.54. The van der Waals surface area contributed by atoms with Gasteiger partial charge in [-0.15, -0.1) is 0 Å². The lowest BCUT2D eigenvalue weighted by atomic mass is 9.98. The molecule has 2 aromatic rings. The van der Waals surface area contributed by atoms with Crippen molar-refractivity contribution in [3.05, 3.63) is 53.6 Å². The lowest BCUT2D eigenvalue weighted by molar-refractivity contribution is -0.137. The molecule has 43 heavy (non-hydrogen) atoms. The van der Waals surface area contributed by atoms with Crippen molar-refractivity contribution in [2.24, 2.45) is 11.8 Å². The van der Waals surface area contributed by atoms with E-state index in [1.807, 2.05) is 6.92 Å². The smallest absolute Gasteiger partial charge is 0.416 e. The van der Waals surface area contributed by atoms with Gasteiger partial charge in [-0.1, -0.05) is 13.0 Å². The van der Waals surface area contributed by atoms with Gasteiger partial charge in [-0.25, -0.2) is 4.79 Å². The number of urea groups is 1. The van der Waals surface area contributed by atoms with Crippen LogP contribution in [0.5, 0.6) is 5.75 Å². The Morgan fingerprint density at radius 3 is 2.42 bits per heavy atom. The Morgan fingerprint density at radius 1 is 1.12 bits per heavy atom. The minimum Gasteiger partial charge on any atom is -0.485 e. The van der Waals surface area contributed by atoms with Gasteiger partial charge in [0.05, 0.1) is 36.0 Å². The van der Waals surface area contributed by atoms with E-state index in [4.69, 9.17) is 9.47 Å². The monoisotopic (exact) mass is 606 g/mol. The maximum absolute atomic E-state index is 13.7. The number of hydrogen-bond acceptors (Lipinski definition) is 6. The number of nitrogens with one attached hydrogen (secondary N) is 2. The normalized spacial score (nSPS) is 20.3. The van der Waals surface area contributed by atoms with E-state index in [2.05, 4.69) is 10.6 Å². The van der Waals surface area contributed by atoms with Crippen molar-refractivity contribution in [2.75, 3.05) is 50.6 Å². The molecule has 1 fully saturated rings. The molecule has 2 aliphatic rings. The van der Waals surface area contributed by atoms with Crippen LogP contribution in [0.1, 0.15) is 42.6 Å². The summed E-state index contributed by atoms with van der Waals surface area (Å²) in [5.74, 6) is -0.997. The second kappa shape index (κ2) is 13.6. The third kappa shape index (κ3) is 7.77. The summed E-state index contributed by atoms with van der Waals surface area (Å²) < 4.78 is 50.5. The van der Waals surface area contributed by atoms with Gasteiger partial charge < -0.3 is 35.0 Å². The van der Waals surface area contributed by atoms with Crippen molar-refractivity contribution in [3.63, 3.8) is 0 Å². The number of fused-ring (bicyclic) bond motifs is 1. The van der Waals surface area contributed by atoms with E-state index in [1.54, 1.807) is 30.0 Å². The average Bonchev–Trinajstić information content (AvgIpc) is 2.99. The maximum Gasteiger partial charge on any atom is 0.416 e. The van der Waals surface area contributed by atoms with E-state index in [0.717, 1.165) is 12.1 Å². The van der Waals surface area contributed by atoms with Crippen LogP contribution in [0.2, 0.25) is 0 Å². The topological polar surface area (TPSA) is 120 Å². The van der Waals surface area contributed by atoms with Gasteiger partial charge in [-0.3, -0.25) is 9.59 Å². The number of alkyl halides is 3. The van der Waals surface area contributed by atoms with Crippen molar-refractivity contribution < 1.29 is 42.1 Å². The highest BCUT2D eigenvalue weighted by Crippen LogP contribution is 2.36. The number of rotatable bonds is 7. The molecule has 2 aliphatic heterocycles. The molecule has 13 heteroatoms. The predicted octanol–water partition coefficient (Wildman–Crippen LogP) is 4.45. The fourth-order valence-corrected chi connectivity index (χ4v) is 5.07. The number of carbonyl (C=O) groups excluding carboxylic acids is 3. The molecule has 3 atom stereocenters. The van der Waals surface area contributed by atoms with Crippen LogP contribution in [0, 0.1) is 11.8 Å². The van der Waals surface area contributed by atoms with Gasteiger partial charge >= 0.3 is 12.2 Å². The van der Waals surface area contributed by atoms with Gasteiger partial charge in [-0.2, -0.15) is 13.2 Å². The number of ether oxygens (including phenoxy) is 2. The summed E-state index contributed by atoms with van der Waals surface area (Å²) in [5.41, 5.74) is -0.118. The van der Waals surface area contributed by atoms with Crippen LogP contribution in [-0.4, -0.2) is 84.9 Å². The number of para-hydroxylation sites is 1. The standard InChI is InChI=1S/C30H37F3N4O6/c1-18-15-37(19(2)17-38)28(40)23-5-4-6-24(35-27(39)20-11-13-42-14-12-20)26(23)43-25(18)16-36(3)29(41)34-22-9-7-21(8-10-22)30(31,32)33/h4-10,18-20,25,38H,11-17H2,1-3H3,(H,34,41)(H,35,39)/t18-,19+,25+/m0/s1. The number of hydrogen-bond donors (Lipinski definition) is 3. The SMILES string of the molecule is C[C@H](CO)N1C[C@H](C)[C@@H](CN(C)C(=O)Nc2ccc(C(F)(F)F)cc2)Oc2c(NC(=O)C3CCOCC3)cccc2C1=O. The van der Waals surface area contributed by atoms with Crippen molar-refractivity contribution >= 4 is 29.2 Å². The highest BCUT2D eigenvalue weighted by molar-refractivity contribution is 6.02. The van der Waals surface area contributed by atoms with Gasteiger partial charge in [0.15, 0.2) is 5.75 Å². The van der Waals surface area contributed by atoms with E-state index < -0.39 is 29.9 Å². The maximum atomic E-state index is 13.7.